The summed E-state index contributed by atoms with van der Waals surface area (Å²) in [5.74, 6) is -0.656. The molecule has 0 aromatic heterocycles. The van der Waals surface area contributed by atoms with Crippen LogP contribution in [0.1, 0.15) is 11.1 Å². The molecule has 0 bridgehead atoms. The van der Waals surface area contributed by atoms with Gasteiger partial charge in [0.15, 0.2) is 0 Å². The molecule has 0 aliphatic carbocycles. The molecule has 21 heavy (non-hydrogen) atoms. The predicted octanol–water partition coefficient (Wildman–Crippen LogP) is 3.48. The van der Waals surface area contributed by atoms with Crippen molar-refractivity contribution in [1.82, 2.24) is 0 Å². The van der Waals surface area contributed by atoms with E-state index < -0.39 is 15.8 Å². The number of hydrogen-bond acceptors (Lipinski definition) is 3. The van der Waals surface area contributed by atoms with Gasteiger partial charge in [0.1, 0.15) is 5.82 Å². The molecule has 0 saturated carbocycles. The van der Waals surface area contributed by atoms with E-state index in [1.165, 1.54) is 24.3 Å². The van der Waals surface area contributed by atoms with Crippen LogP contribution in [0.4, 0.5) is 15.8 Å². The fraction of sp³-hybridized carbons (Fsp3) is 0.143. The topological polar surface area (TPSA) is 72.2 Å². The van der Waals surface area contributed by atoms with E-state index in [4.69, 9.17) is 17.3 Å². The molecule has 2 aromatic carbocycles. The molecule has 7 heteroatoms. The fourth-order valence-electron chi connectivity index (χ4n) is 1.87. The molecule has 0 heterocycles. The largest absolute Gasteiger partial charge is 0.398 e. The van der Waals surface area contributed by atoms with E-state index >= 15 is 0 Å². The first-order valence-corrected chi connectivity index (χ1v) is 7.91. The monoisotopic (exact) mass is 328 g/mol. The maximum absolute atomic E-state index is 13.7. The Labute approximate surface area is 127 Å². The molecule has 2 rings (SSSR count). The number of benzene rings is 2. The Morgan fingerprint density at radius 3 is 2.52 bits per heavy atom. The van der Waals surface area contributed by atoms with Crippen molar-refractivity contribution in [1.29, 1.82) is 0 Å². The lowest BCUT2D eigenvalue weighted by Gasteiger charge is -2.13. The summed E-state index contributed by atoms with van der Waals surface area (Å²) in [5, 5.41) is 0.197. The van der Waals surface area contributed by atoms with Crippen LogP contribution >= 0.6 is 11.6 Å². The molecule has 0 amide bonds. The van der Waals surface area contributed by atoms with Crippen LogP contribution in [0.25, 0.3) is 0 Å². The van der Waals surface area contributed by atoms with Crippen LogP contribution in [0, 0.1) is 19.7 Å². The summed E-state index contributed by atoms with van der Waals surface area (Å²) in [5.41, 5.74) is 6.95. The van der Waals surface area contributed by atoms with Gasteiger partial charge in [-0.25, -0.2) is 12.8 Å². The zero-order valence-corrected chi connectivity index (χ0v) is 13.0. The van der Waals surface area contributed by atoms with E-state index in [0.717, 1.165) is 5.56 Å². The van der Waals surface area contributed by atoms with Crippen LogP contribution in [0.5, 0.6) is 0 Å². The highest BCUT2D eigenvalue weighted by Gasteiger charge is 2.20. The fourth-order valence-corrected chi connectivity index (χ4v) is 3.52. The molecule has 0 saturated heterocycles. The molecule has 0 atom stereocenters. The van der Waals surface area contributed by atoms with Crippen molar-refractivity contribution in [2.75, 3.05) is 10.5 Å². The van der Waals surface area contributed by atoms with E-state index in [1.54, 1.807) is 19.9 Å². The normalized spacial score (nSPS) is 11.4. The highest BCUT2D eigenvalue weighted by Crippen LogP contribution is 2.28. The Morgan fingerprint density at radius 1 is 1.19 bits per heavy atom. The van der Waals surface area contributed by atoms with E-state index in [0.29, 0.717) is 5.56 Å². The number of anilines is 2. The lowest BCUT2D eigenvalue weighted by Crippen LogP contribution is -2.16. The number of sulfonamides is 1. The van der Waals surface area contributed by atoms with Gasteiger partial charge in [-0.1, -0.05) is 17.7 Å². The van der Waals surface area contributed by atoms with Gasteiger partial charge in [-0.15, -0.1) is 0 Å². The van der Waals surface area contributed by atoms with Gasteiger partial charge in [0.25, 0.3) is 10.0 Å². The quantitative estimate of drug-likeness (QED) is 0.847. The van der Waals surface area contributed by atoms with Gasteiger partial charge in [0, 0.05) is 10.7 Å². The average Bonchev–Trinajstić information content (AvgIpc) is 2.37. The third-order valence-corrected chi connectivity index (χ3v) is 4.73. The minimum atomic E-state index is -3.98. The third-order valence-electron chi connectivity index (χ3n) is 3.02. The maximum atomic E-state index is 13.7. The van der Waals surface area contributed by atoms with Gasteiger partial charge >= 0.3 is 0 Å². The Bertz CT molecular complexity index is 807. The van der Waals surface area contributed by atoms with E-state index in [2.05, 4.69) is 4.72 Å². The summed E-state index contributed by atoms with van der Waals surface area (Å²) in [6.45, 7) is 3.30. The summed E-state index contributed by atoms with van der Waals surface area (Å²) in [6, 6.07) is 6.91. The summed E-state index contributed by atoms with van der Waals surface area (Å²) in [7, 11) is -3.98. The van der Waals surface area contributed by atoms with Crippen molar-refractivity contribution in [3.8, 4) is 0 Å². The highest BCUT2D eigenvalue weighted by molar-refractivity contribution is 7.92. The van der Waals surface area contributed by atoms with Crippen molar-refractivity contribution in [2.45, 2.75) is 18.7 Å². The van der Waals surface area contributed by atoms with Gasteiger partial charge in [0.05, 0.1) is 10.6 Å². The molecule has 3 N–H and O–H groups in total. The van der Waals surface area contributed by atoms with Crippen molar-refractivity contribution in [2.24, 2.45) is 0 Å². The molecule has 0 aliphatic rings. The SMILES string of the molecule is Cc1ccc(F)c(NS(=O)(=O)c2cc(Cl)cc(N)c2C)c1. The second-order valence-electron chi connectivity index (χ2n) is 4.71. The number of hydrogen-bond donors (Lipinski definition) is 2. The van der Waals surface area contributed by atoms with Crippen LogP contribution < -0.4 is 10.5 Å². The molecule has 0 radical (unpaired) electrons. The first-order chi connectivity index (χ1) is 9.70. The van der Waals surface area contributed by atoms with Crippen LogP contribution in [-0.4, -0.2) is 8.42 Å². The summed E-state index contributed by atoms with van der Waals surface area (Å²) in [6.07, 6.45) is 0. The third kappa shape index (κ3) is 3.28. The molecule has 0 fully saturated rings. The van der Waals surface area contributed by atoms with Crippen LogP contribution in [-0.2, 0) is 10.0 Å². The molecule has 112 valence electrons. The van der Waals surface area contributed by atoms with E-state index in [9.17, 15) is 12.8 Å². The van der Waals surface area contributed by atoms with Crippen molar-refractivity contribution in [3.05, 3.63) is 52.3 Å². The lowest BCUT2D eigenvalue weighted by molar-refractivity contribution is 0.598. The predicted molar refractivity (Wildman–Crippen MR) is 82.5 cm³/mol. The summed E-state index contributed by atoms with van der Waals surface area (Å²) < 4.78 is 40.7. The van der Waals surface area contributed by atoms with Crippen LogP contribution in [0.3, 0.4) is 0 Å². The first-order valence-electron chi connectivity index (χ1n) is 6.05. The van der Waals surface area contributed by atoms with E-state index in [-0.39, 0.29) is 21.3 Å². The molecular weight excluding hydrogens is 315 g/mol. The summed E-state index contributed by atoms with van der Waals surface area (Å²) in [4.78, 5) is -0.0755. The molecule has 0 aliphatic heterocycles. The van der Waals surface area contributed by atoms with Gasteiger partial charge in [-0.3, -0.25) is 4.72 Å². The van der Waals surface area contributed by atoms with Crippen molar-refractivity contribution in [3.63, 3.8) is 0 Å². The molecule has 4 nitrogen and oxygen atoms in total. The number of nitrogens with one attached hydrogen (secondary N) is 1. The number of rotatable bonds is 3. The standard InChI is InChI=1S/C14H14ClFN2O2S/c1-8-3-4-11(16)13(5-8)18-21(19,20)14-7-10(15)6-12(17)9(14)2/h3-7,18H,17H2,1-2H3. The molecule has 2 aromatic rings. The van der Waals surface area contributed by atoms with Crippen molar-refractivity contribution < 1.29 is 12.8 Å². The Hall–Kier alpha value is -1.79. The Morgan fingerprint density at radius 2 is 1.86 bits per heavy atom. The molecule has 0 unspecified atom stereocenters. The molecular formula is C14H14ClFN2O2S. The van der Waals surface area contributed by atoms with E-state index in [1.807, 2.05) is 0 Å². The van der Waals surface area contributed by atoms with Gasteiger partial charge < -0.3 is 5.73 Å². The van der Waals surface area contributed by atoms with Crippen LogP contribution in [0.2, 0.25) is 5.02 Å². The lowest BCUT2D eigenvalue weighted by atomic mass is 10.2. The van der Waals surface area contributed by atoms with Gasteiger partial charge in [-0.2, -0.15) is 0 Å². The zero-order chi connectivity index (χ0) is 15.8. The minimum Gasteiger partial charge on any atom is -0.398 e. The van der Waals surface area contributed by atoms with Crippen LogP contribution in [0.15, 0.2) is 35.2 Å². The summed E-state index contributed by atoms with van der Waals surface area (Å²) >= 11 is 5.84. The Kier molecular flexibility index (Phi) is 4.11. The zero-order valence-electron chi connectivity index (χ0n) is 11.4. The smallest absolute Gasteiger partial charge is 0.262 e. The number of nitrogen functional groups attached to an aromatic ring is 1. The number of halogens is 2. The maximum Gasteiger partial charge on any atom is 0.262 e. The highest BCUT2D eigenvalue weighted by atomic mass is 35.5. The number of nitrogens with two attached hydrogens (primary N) is 1. The molecule has 0 spiro atoms. The average molecular weight is 329 g/mol. The Balaban J connectivity index is 2.51. The first kappa shape index (κ1) is 15.6. The number of aryl methyl sites for hydroxylation is 1. The minimum absolute atomic E-state index is 0.0755. The van der Waals surface area contributed by atoms with Crippen molar-refractivity contribution >= 4 is 33.0 Å². The van der Waals surface area contributed by atoms with Gasteiger partial charge in [-0.05, 0) is 49.2 Å². The second-order valence-corrected chi connectivity index (χ2v) is 6.79. The van der Waals surface area contributed by atoms with Gasteiger partial charge in [0.2, 0.25) is 0 Å². The second kappa shape index (κ2) is 5.54.